The molecule has 0 spiro atoms. The van der Waals surface area contributed by atoms with Crippen molar-refractivity contribution in [3.63, 3.8) is 0 Å². The average molecular weight is 257 g/mol. The Kier molecular flexibility index (Phi) is 3.93. The largest absolute Gasteiger partial charge is 0.480 e. The van der Waals surface area contributed by atoms with Crippen molar-refractivity contribution in [3.05, 3.63) is 0 Å². The molecule has 0 aromatic heterocycles. The van der Waals surface area contributed by atoms with Gasteiger partial charge in [0.2, 0.25) is 0 Å². The number of carbonyl (C=O) groups excluding carboxylic acids is 1. The molecule has 18 heavy (non-hydrogen) atoms. The van der Waals surface area contributed by atoms with Crippen molar-refractivity contribution in [2.45, 2.75) is 57.8 Å². The van der Waals surface area contributed by atoms with Crippen LogP contribution in [0.5, 0.6) is 0 Å². The maximum atomic E-state index is 11.5. The molecule has 0 fully saturated rings. The molecule has 1 aliphatic rings. The maximum Gasteiger partial charge on any atom is 0.408 e. The molecule has 0 saturated carbocycles. The van der Waals surface area contributed by atoms with Crippen molar-refractivity contribution >= 4 is 12.1 Å². The summed E-state index contributed by atoms with van der Waals surface area (Å²) in [6, 6.07) is -0.984. The van der Waals surface area contributed by atoms with Gasteiger partial charge in [0.25, 0.3) is 0 Å². The Morgan fingerprint density at radius 3 is 2.33 bits per heavy atom. The van der Waals surface area contributed by atoms with Crippen LogP contribution in [-0.4, -0.2) is 34.5 Å². The number of carboxylic acids is 1. The number of aliphatic carboxylic acids is 1. The fourth-order valence-corrected chi connectivity index (χ4v) is 1.31. The molecule has 1 atom stereocenters. The molecule has 2 N–H and O–H groups in total. The van der Waals surface area contributed by atoms with Crippen LogP contribution < -0.4 is 5.32 Å². The number of nitrogens with one attached hydrogen (secondary N) is 1. The molecule has 0 saturated heterocycles. The van der Waals surface area contributed by atoms with E-state index in [4.69, 9.17) is 9.84 Å². The molecule has 1 heterocycles. The van der Waals surface area contributed by atoms with Crippen LogP contribution in [0.15, 0.2) is 10.2 Å². The molecule has 102 valence electrons. The summed E-state index contributed by atoms with van der Waals surface area (Å²) in [7, 11) is 0. The van der Waals surface area contributed by atoms with Crippen molar-refractivity contribution < 1.29 is 19.4 Å². The monoisotopic (exact) mass is 257 g/mol. The molecule has 1 rings (SSSR count). The van der Waals surface area contributed by atoms with Crippen LogP contribution in [0.3, 0.4) is 0 Å². The highest BCUT2D eigenvalue weighted by atomic mass is 16.6. The summed E-state index contributed by atoms with van der Waals surface area (Å²) in [5.74, 6) is -1.09. The lowest BCUT2D eigenvalue weighted by Gasteiger charge is -2.22. The number of alkyl carbamates (subject to hydrolysis) is 1. The van der Waals surface area contributed by atoms with E-state index < -0.39 is 29.4 Å². The summed E-state index contributed by atoms with van der Waals surface area (Å²) < 4.78 is 5.01. The molecule has 1 amide bonds. The van der Waals surface area contributed by atoms with Crippen molar-refractivity contribution in [3.8, 4) is 0 Å². The SMILES string of the molecule is CC1(CCC(NC(=O)OC(C)(C)C)C(=O)O)N=N1. The highest BCUT2D eigenvalue weighted by Gasteiger charge is 2.35. The van der Waals surface area contributed by atoms with Gasteiger partial charge in [0.1, 0.15) is 11.6 Å². The zero-order chi connectivity index (χ0) is 14.0. The lowest BCUT2D eigenvalue weighted by Crippen LogP contribution is -2.43. The van der Waals surface area contributed by atoms with E-state index in [-0.39, 0.29) is 6.42 Å². The first-order chi connectivity index (χ1) is 8.11. The van der Waals surface area contributed by atoms with E-state index in [0.29, 0.717) is 6.42 Å². The second kappa shape index (κ2) is 4.91. The summed E-state index contributed by atoms with van der Waals surface area (Å²) in [6.07, 6.45) is 0.0161. The number of carboxylic acid groups (broad SMARTS) is 1. The minimum Gasteiger partial charge on any atom is -0.480 e. The third-order valence-electron chi connectivity index (χ3n) is 2.34. The highest BCUT2D eigenvalue weighted by Crippen LogP contribution is 2.32. The molecule has 1 unspecified atom stereocenters. The van der Waals surface area contributed by atoms with Crippen LogP contribution in [-0.2, 0) is 9.53 Å². The van der Waals surface area contributed by atoms with Crippen LogP contribution in [0.4, 0.5) is 4.79 Å². The second-order valence-corrected chi connectivity index (χ2v) is 5.49. The molecular weight excluding hydrogens is 238 g/mol. The Hall–Kier alpha value is -1.66. The van der Waals surface area contributed by atoms with Crippen molar-refractivity contribution in [1.29, 1.82) is 0 Å². The fourth-order valence-electron chi connectivity index (χ4n) is 1.31. The van der Waals surface area contributed by atoms with Gasteiger partial charge in [-0.05, 0) is 40.5 Å². The number of amides is 1. The maximum absolute atomic E-state index is 11.5. The van der Waals surface area contributed by atoms with Gasteiger partial charge in [-0.2, -0.15) is 10.2 Å². The zero-order valence-electron chi connectivity index (χ0n) is 11.1. The highest BCUT2D eigenvalue weighted by molar-refractivity contribution is 5.79. The van der Waals surface area contributed by atoms with E-state index in [9.17, 15) is 9.59 Å². The number of hydrogen-bond donors (Lipinski definition) is 2. The number of nitrogens with zero attached hydrogens (tertiary/aromatic N) is 2. The third-order valence-corrected chi connectivity index (χ3v) is 2.34. The number of rotatable bonds is 5. The fraction of sp³-hybridized carbons (Fsp3) is 0.818. The smallest absolute Gasteiger partial charge is 0.408 e. The van der Waals surface area contributed by atoms with Gasteiger partial charge in [0, 0.05) is 0 Å². The lowest BCUT2D eigenvalue weighted by atomic mass is 10.1. The number of ether oxygens (including phenoxy) is 1. The molecule has 7 nitrogen and oxygen atoms in total. The van der Waals surface area contributed by atoms with Gasteiger partial charge in [0.15, 0.2) is 5.66 Å². The Bertz CT molecular complexity index is 367. The van der Waals surface area contributed by atoms with Gasteiger partial charge in [-0.1, -0.05) is 0 Å². The predicted octanol–water partition coefficient (Wildman–Crippen LogP) is 1.93. The minimum absolute atomic E-state index is 0.262. The standard InChI is InChI=1S/C11H19N3O4/c1-10(2,3)18-9(17)12-7(8(15)16)5-6-11(4)13-14-11/h7H,5-6H2,1-4H3,(H,12,17)(H,15,16). The zero-order valence-corrected chi connectivity index (χ0v) is 11.1. The molecule has 7 heteroatoms. The summed E-state index contributed by atoms with van der Waals surface area (Å²) in [4.78, 5) is 22.5. The van der Waals surface area contributed by atoms with E-state index in [1.165, 1.54) is 0 Å². The van der Waals surface area contributed by atoms with Crippen LogP contribution in [0.1, 0.15) is 40.5 Å². The first-order valence-corrected chi connectivity index (χ1v) is 5.78. The van der Waals surface area contributed by atoms with E-state index in [0.717, 1.165) is 0 Å². The van der Waals surface area contributed by atoms with Gasteiger partial charge < -0.3 is 15.2 Å². The van der Waals surface area contributed by atoms with Gasteiger partial charge >= 0.3 is 12.1 Å². The molecule has 0 bridgehead atoms. The van der Waals surface area contributed by atoms with Crippen molar-refractivity contribution in [2.75, 3.05) is 0 Å². The molecule has 1 aliphatic heterocycles. The Balaban J connectivity index is 2.42. The van der Waals surface area contributed by atoms with E-state index in [2.05, 4.69) is 15.5 Å². The van der Waals surface area contributed by atoms with Gasteiger partial charge in [-0.3, -0.25) is 0 Å². The molecule has 0 radical (unpaired) electrons. The quantitative estimate of drug-likeness (QED) is 0.785. The summed E-state index contributed by atoms with van der Waals surface area (Å²) in [5, 5.41) is 18.9. The van der Waals surface area contributed by atoms with Crippen LogP contribution in [0.2, 0.25) is 0 Å². The third kappa shape index (κ3) is 5.11. The van der Waals surface area contributed by atoms with Gasteiger partial charge in [-0.15, -0.1) is 0 Å². The van der Waals surface area contributed by atoms with Crippen molar-refractivity contribution in [1.82, 2.24) is 5.32 Å². The second-order valence-electron chi connectivity index (χ2n) is 5.49. The Morgan fingerprint density at radius 2 is 1.94 bits per heavy atom. The Labute approximate surface area is 106 Å². The van der Waals surface area contributed by atoms with Crippen LogP contribution >= 0.6 is 0 Å². The summed E-state index contributed by atoms with van der Waals surface area (Å²) in [6.45, 7) is 6.95. The lowest BCUT2D eigenvalue weighted by molar-refractivity contribution is -0.139. The van der Waals surface area contributed by atoms with Crippen LogP contribution in [0, 0.1) is 0 Å². The van der Waals surface area contributed by atoms with E-state index >= 15 is 0 Å². The first kappa shape index (κ1) is 14.4. The predicted molar refractivity (Wildman–Crippen MR) is 63.3 cm³/mol. The van der Waals surface area contributed by atoms with Gasteiger partial charge in [0.05, 0.1) is 0 Å². The van der Waals surface area contributed by atoms with E-state index in [1.807, 2.05) is 0 Å². The van der Waals surface area contributed by atoms with Gasteiger partial charge in [-0.25, -0.2) is 9.59 Å². The molecule has 0 aromatic rings. The minimum atomic E-state index is -1.09. The normalized spacial score (nSPS) is 18.0. The Morgan fingerprint density at radius 1 is 1.39 bits per heavy atom. The number of hydrogen-bond acceptors (Lipinski definition) is 5. The average Bonchev–Trinajstić information content (AvgIpc) is 2.88. The topological polar surface area (TPSA) is 100 Å². The molecule has 0 aromatic carbocycles. The molecule has 0 aliphatic carbocycles. The summed E-state index contributed by atoms with van der Waals surface area (Å²) in [5.41, 5.74) is -1.12. The number of carbonyl (C=O) groups is 2. The summed E-state index contributed by atoms with van der Waals surface area (Å²) >= 11 is 0. The first-order valence-electron chi connectivity index (χ1n) is 5.78. The molecular formula is C11H19N3O4. The van der Waals surface area contributed by atoms with Crippen LogP contribution in [0.25, 0.3) is 0 Å². The van der Waals surface area contributed by atoms with Crippen molar-refractivity contribution in [2.24, 2.45) is 10.2 Å². The van der Waals surface area contributed by atoms with E-state index in [1.54, 1.807) is 27.7 Å².